The van der Waals surface area contributed by atoms with Gasteiger partial charge in [0.15, 0.2) is 11.5 Å². The lowest BCUT2D eigenvalue weighted by molar-refractivity contribution is 0.0950. The first-order valence-electron chi connectivity index (χ1n) is 8.73. The summed E-state index contributed by atoms with van der Waals surface area (Å²) in [6.45, 7) is 3.86. The van der Waals surface area contributed by atoms with Crippen LogP contribution in [0.4, 0.5) is 11.6 Å². The molecule has 1 amide bonds. The standard InChI is InChI=1S/C17H23N7O2/c1-3-18-16(25)13-6-7-14(22-21-13)20-12-5-4-9-24(11-12)15-17(26)23(2)10-8-19-15/h6-8,10,12H,3-5,9,11H2,1-2H3,(H,18,25)(H,20,22). The van der Waals surface area contributed by atoms with Crippen LogP contribution in [0.25, 0.3) is 0 Å². The zero-order valence-electron chi connectivity index (χ0n) is 15.0. The number of nitrogens with zero attached hydrogens (tertiary/aromatic N) is 5. The van der Waals surface area contributed by atoms with E-state index in [2.05, 4.69) is 25.8 Å². The molecule has 138 valence electrons. The molecule has 2 aromatic rings. The van der Waals surface area contributed by atoms with Gasteiger partial charge < -0.3 is 20.1 Å². The maximum Gasteiger partial charge on any atom is 0.293 e. The summed E-state index contributed by atoms with van der Waals surface area (Å²) in [5.41, 5.74) is 0.193. The van der Waals surface area contributed by atoms with E-state index in [1.54, 1.807) is 31.6 Å². The first-order valence-corrected chi connectivity index (χ1v) is 8.73. The fourth-order valence-electron chi connectivity index (χ4n) is 2.98. The van der Waals surface area contributed by atoms with Crippen LogP contribution in [0.3, 0.4) is 0 Å². The molecule has 3 heterocycles. The second-order valence-corrected chi connectivity index (χ2v) is 6.26. The van der Waals surface area contributed by atoms with Crippen LogP contribution in [0.5, 0.6) is 0 Å². The van der Waals surface area contributed by atoms with Crippen molar-refractivity contribution in [2.24, 2.45) is 7.05 Å². The average Bonchev–Trinajstić information content (AvgIpc) is 2.65. The number of aromatic nitrogens is 4. The summed E-state index contributed by atoms with van der Waals surface area (Å²) in [6, 6.07) is 3.52. The van der Waals surface area contributed by atoms with Gasteiger partial charge in [-0.15, -0.1) is 10.2 Å². The minimum absolute atomic E-state index is 0.0979. The highest BCUT2D eigenvalue weighted by molar-refractivity contribution is 5.92. The van der Waals surface area contributed by atoms with E-state index in [0.29, 0.717) is 30.4 Å². The van der Waals surface area contributed by atoms with E-state index >= 15 is 0 Å². The van der Waals surface area contributed by atoms with Crippen LogP contribution >= 0.6 is 0 Å². The summed E-state index contributed by atoms with van der Waals surface area (Å²) in [7, 11) is 1.72. The second kappa shape index (κ2) is 7.94. The molecule has 9 heteroatoms. The van der Waals surface area contributed by atoms with Crippen molar-refractivity contribution in [3.63, 3.8) is 0 Å². The Hall–Kier alpha value is -2.97. The molecule has 1 unspecified atom stereocenters. The zero-order chi connectivity index (χ0) is 18.5. The smallest absolute Gasteiger partial charge is 0.293 e. The lowest BCUT2D eigenvalue weighted by atomic mass is 10.1. The van der Waals surface area contributed by atoms with Gasteiger partial charge in [-0.2, -0.15) is 0 Å². The van der Waals surface area contributed by atoms with Gasteiger partial charge in [0.25, 0.3) is 11.5 Å². The van der Waals surface area contributed by atoms with Crippen LogP contribution in [0, 0.1) is 0 Å². The summed E-state index contributed by atoms with van der Waals surface area (Å²) in [5, 5.41) is 14.1. The number of rotatable bonds is 5. The monoisotopic (exact) mass is 357 g/mol. The maximum absolute atomic E-state index is 12.3. The molecule has 26 heavy (non-hydrogen) atoms. The van der Waals surface area contributed by atoms with Gasteiger partial charge in [-0.3, -0.25) is 9.59 Å². The molecule has 1 atom stereocenters. The molecule has 0 aromatic carbocycles. The highest BCUT2D eigenvalue weighted by Gasteiger charge is 2.23. The van der Waals surface area contributed by atoms with Crippen molar-refractivity contribution in [3.8, 4) is 0 Å². The van der Waals surface area contributed by atoms with Gasteiger partial charge in [0.05, 0.1) is 0 Å². The number of hydrogen-bond acceptors (Lipinski definition) is 7. The van der Waals surface area contributed by atoms with Crippen molar-refractivity contribution in [3.05, 3.63) is 40.6 Å². The van der Waals surface area contributed by atoms with E-state index in [-0.39, 0.29) is 17.5 Å². The van der Waals surface area contributed by atoms with Crippen molar-refractivity contribution in [1.82, 2.24) is 25.1 Å². The Morgan fingerprint density at radius 2 is 2.19 bits per heavy atom. The molecular formula is C17H23N7O2. The molecule has 0 radical (unpaired) electrons. The quantitative estimate of drug-likeness (QED) is 0.798. The number of aryl methyl sites for hydroxylation is 1. The van der Waals surface area contributed by atoms with Crippen LogP contribution in [0.15, 0.2) is 29.3 Å². The molecule has 2 N–H and O–H groups in total. The van der Waals surface area contributed by atoms with E-state index < -0.39 is 0 Å². The van der Waals surface area contributed by atoms with Crippen molar-refractivity contribution in [2.75, 3.05) is 29.9 Å². The van der Waals surface area contributed by atoms with E-state index in [1.807, 2.05) is 11.8 Å². The fraction of sp³-hybridized carbons (Fsp3) is 0.471. The number of hydrogen-bond donors (Lipinski definition) is 2. The number of carbonyl (C=O) groups excluding carboxylic acids is 1. The second-order valence-electron chi connectivity index (χ2n) is 6.26. The fourth-order valence-corrected chi connectivity index (χ4v) is 2.98. The van der Waals surface area contributed by atoms with Crippen LogP contribution in [0.1, 0.15) is 30.3 Å². The summed E-state index contributed by atoms with van der Waals surface area (Å²) in [4.78, 5) is 30.2. The Morgan fingerprint density at radius 3 is 2.92 bits per heavy atom. The van der Waals surface area contributed by atoms with Gasteiger partial charge in [-0.1, -0.05) is 0 Å². The molecular weight excluding hydrogens is 334 g/mol. The molecule has 1 aliphatic heterocycles. The number of piperidine rings is 1. The van der Waals surface area contributed by atoms with Crippen molar-refractivity contribution in [2.45, 2.75) is 25.8 Å². The molecule has 2 aromatic heterocycles. The van der Waals surface area contributed by atoms with Gasteiger partial charge >= 0.3 is 0 Å². The lowest BCUT2D eigenvalue weighted by Gasteiger charge is -2.33. The Morgan fingerprint density at radius 1 is 1.35 bits per heavy atom. The van der Waals surface area contributed by atoms with Crippen LogP contribution in [-0.2, 0) is 7.05 Å². The molecule has 0 saturated carbocycles. The maximum atomic E-state index is 12.3. The average molecular weight is 357 g/mol. The summed E-state index contributed by atoms with van der Waals surface area (Å²) in [5.74, 6) is 0.847. The molecule has 3 rings (SSSR count). The molecule has 0 bridgehead atoms. The lowest BCUT2D eigenvalue weighted by Crippen LogP contribution is -2.45. The van der Waals surface area contributed by atoms with E-state index in [4.69, 9.17) is 0 Å². The van der Waals surface area contributed by atoms with Gasteiger partial charge in [0, 0.05) is 45.1 Å². The van der Waals surface area contributed by atoms with Crippen LogP contribution in [-0.4, -0.2) is 51.3 Å². The van der Waals surface area contributed by atoms with Crippen molar-refractivity contribution >= 4 is 17.5 Å². The molecule has 1 saturated heterocycles. The summed E-state index contributed by atoms with van der Waals surface area (Å²) < 4.78 is 1.53. The number of nitrogens with one attached hydrogen (secondary N) is 2. The van der Waals surface area contributed by atoms with Crippen molar-refractivity contribution < 1.29 is 4.79 Å². The Bertz CT molecular complexity index is 819. The Balaban J connectivity index is 1.66. The highest BCUT2D eigenvalue weighted by Crippen LogP contribution is 2.17. The number of carbonyl (C=O) groups is 1. The third-order valence-electron chi connectivity index (χ3n) is 4.31. The van der Waals surface area contributed by atoms with Crippen LogP contribution < -0.4 is 21.1 Å². The first-order chi connectivity index (χ1) is 12.6. The molecule has 0 spiro atoms. The van der Waals surface area contributed by atoms with Gasteiger partial charge in [0.2, 0.25) is 0 Å². The Labute approximate surface area is 151 Å². The minimum Gasteiger partial charge on any atom is -0.364 e. The van der Waals surface area contributed by atoms with E-state index in [1.165, 1.54) is 4.57 Å². The van der Waals surface area contributed by atoms with Gasteiger partial charge in [-0.25, -0.2) is 4.98 Å². The summed E-state index contributed by atoms with van der Waals surface area (Å²) >= 11 is 0. The number of amides is 1. The first kappa shape index (κ1) is 17.8. The van der Waals surface area contributed by atoms with E-state index in [9.17, 15) is 9.59 Å². The Kier molecular flexibility index (Phi) is 5.45. The molecule has 0 aliphatic carbocycles. The van der Waals surface area contributed by atoms with E-state index in [0.717, 1.165) is 19.4 Å². The molecule has 9 nitrogen and oxygen atoms in total. The molecule has 1 aliphatic rings. The predicted octanol–water partition coefficient (Wildman–Crippen LogP) is 0.401. The normalized spacial score (nSPS) is 17.0. The SMILES string of the molecule is CCNC(=O)c1ccc(NC2CCCN(c3nccn(C)c3=O)C2)nn1. The number of anilines is 2. The van der Waals surface area contributed by atoms with Crippen LogP contribution in [0.2, 0.25) is 0 Å². The molecule has 1 fully saturated rings. The third-order valence-corrected chi connectivity index (χ3v) is 4.31. The third kappa shape index (κ3) is 3.98. The van der Waals surface area contributed by atoms with Crippen molar-refractivity contribution in [1.29, 1.82) is 0 Å². The highest BCUT2D eigenvalue weighted by atomic mass is 16.2. The minimum atomic E-state index is -0.235. The predicted molar refractivity (Wildman–Crippen MR) is 98.4 cm³/mol. The largest absolute Gasteiger partial charge is 0.364 e. The zero-order valence-corrected chi connectivity index (χ0v) is 15.0. The summed E-state index contributed by atoms with van der Waals surface area (Å²) in [6.07, 6.45) is 5.20. The van der Waals surface area contributed by atoms with Gasteiger partial charge in [-0.05, 0) is 31.9 Å². The van der Waals surface area contributed by atoms with Gasteiger partial charge in [0.1, 0.15) is 5.82 Å². The topological polar surface area (TPSA) is 105 Å².